The first-order valence-electron chi connectivity index (χ1n) is 6.50. The number of furan rings is 1. The van der Waals surface area contributed by atoms with E-state index >= 15 is 0 Å². The van der Waals surface area contributed by atoms with Gasteiger partial charge in [-0.1, -0.05) is 18.2 Å². The molecule has 21 heavy (non-hydrogen) atoms. The second kappa shape index (κ2) is 5.27. The minimum atomic E-state index is -0.0871. The summed E-state index contributed by atoms with van der Waals surface area (Å²) < 4.78 is 11.2. The monoisotopic (exact) mass is 279 g/mol. The number of benzene rings is 1. The van der Waals surface area contributed by atoms with E-state index in [1.165, 1.54) is 0 Å². The van der Waals surface area contributed by atoms with Gasteiger partial charge in [-0.3, -0.25) is 0 Å². The quantitative estimate of drug-likeness (QED) is 0.792. The van der Waals surface area contributed by atoms with Crippen LogP contribution in [0, 0.1) is 11.3 Å². The summed E-state index contributed by atoms with van der Waals surface area (Å²) in [6.07, 6.45) is 1.66. The van der Waals surface area contributed by atoms with Crippen LogP contribution in [-0.2, 0) is 0 Å². The van der Waals surface area contributed by atoms with E-state index in [0.717, 1.165) is 10.9 Å². The number of nitrogens with two attached hydrogens (primary N) is 1. The number of fused-ring (bicyclic) bond motifs is 1. The summed E-state index contributed by atoms with van der Waals surface area (Å²) >= 11 is 0. The third-order valence-corrected chi connectivity index (χ3v) is 3.14. The SMILES string of the molecule is CC(N)c1ccc(Oc2c(C#N)oc3ccccc23)nc1. The summed E-state index contributed by atoms with van der Waals surface area (Å²) in [5.74, 6) is 0.908. The second-order valence-electron chi connectivity index (χ2n) is 4.69. The third-order valence-electron chi connectivity index (χ3n) is 3.14. The molecule has 0 spiro atoms. The lowest BCUT2D eigenvalue weighted by molar-refractivity contribution is 0.450. The van der Waals surface area contributed by atoms with Crippen molar-refractivity contribution in [3.8, 4) is 17.7 Å². The molecule has 0 amide bonds. The molecule has 2 aromatic heterocycles. The van der Waals surface area contributed by atoms with Crippen LogP contribution < -0.4 is 10.5 Å². The Hall–Kier alpha value is -2.84. The van der Waals surface area contributed by atoms with Crippen molar-refractivity contribution >= 4 is 11.0 Å². The molecule has 5 nitrogen and oxygen atoms in total. The van der Waals surface area contributed by atoms with Gasteiger partial charge >= 0.3 is 0 Å². The predicted octanol–water partition coefficient (Wildman–Crippen LogP) is 3.51. The minimum Gasteiger partial charge on any atom is -0.442 e. The van der Waals surface area contributed by atoms with E-state index in [0.29, 0.717) is 17.2 Å². The zero-order valence-corrected chi connectivity index (χ0v) is 11.4. The summed E-state index contributed by atoms with van der Waals surface area (Å²) in [6, 6.07) is 12.8. The van der Waals surface area contributed by atoms with E-state index < -0.39 is 0 Å². The van der Waals surface area contributed by atoms with Gasteiger partial charge in [0.15, 0.2) is 5.75 Å². The zero-order chi connectivity index (χ0) is 14.8. The van der Waals surface area contributed by atoms with Gasteiger partial charge in [0.25, 0.3) is 0 Å². The van der Waals surface area contributed by atoms with Gasteiger partial charge in [-0.15, -0.1) is 0 Å². The lowest BCUT2D eigenvalue weighted by Crippen LogP contribution is -2.05. The van der Waals surface area contributed by atoms with E-state index in [-0.39, 0.29) is 11.8 Å². The smallest absolute Gasteiger partial charge is 0.247 e. The molecule has 0 aliphatic heterocycles. The summed E-state index contributed by atoms with van der Waals surface area (Å²) in [7, 11) is 0. The maximum absolute atomic E-state index is 9.15. The van der Waals surface area contributed by atoms with Gasteiger partial charge in [-0.2, -0.15) is 5.26 Å². The topological polar surface area (TPSA) is 85.1 Å². The highest BCUT2D eigenvalue weighted by Crippen LogP contribution is 2.35. The Kier molecular flexibility index (Phi) is 3.30. The number of pyridine rings is 1. The highest BCUT2D eigenvalue weighted by Gasteiger charge is 2.16. The molecule has 0 aliphatic carbocycles. The van der Waals surface area contributed by atoms with Crippen LogP contribution in [0.2, 0.25) is 0 Å². The lowest BCUT2D eigenvalue weighted by atomic mass is 10.2. The molecule has 2 heterocycles. The first kappa shape index (κ1) is 13.2. The van der Waals surface area contributed by atoms with E-state index in [4.69, 9.17) is 20.1 Å². The Morgan fingerprint density at radius 2 is 2.10 bits per heavy atom. The first-order valence-corrected chi connectivity index (χ1v) is 6.50. The van der Waals surface area contributed by atoms with Crippen molar-refractivity contribution in [3.05, 3.63) is 53.9 Å². The fourth-order valence-electron chi connectivity index (χ4n) is 2.02. The Labute approximate surface area is 121 Å². The average molecular weight is 279 g/mol. The lowest BCUT2D eigenvalue weighted by Gasteiger charge is -2.06. The summed E-state index contributed by atoms with van der Waals surface area (Å²) in [5.41, 5.74) is 7.31. The Bertz CT molecular complexity index is 814. The van der Waals surface area contributed by atoms with Crippen molar-refractivity contribution in [2.24, 2.45) is 5.73 Å². The van der Waals surface area contributed by atoms with Crippen LogP contribution in [0.5, 0.6) is 11.6 Å². The predicted molar refractivity (Wildman–Crippen MR) is 77.8 cm³/mol. The van der Waals surface area contributed by atoms with E-state index in [1.54, 1.807) is 18.3 Å². The van der Waals surface area contributed by atoms with Crippen molar-refractivity contribution < 1.29 is 9.15 Å². The molecule has 0 bridgehead atoms. The van der Waals surface area contributed by atoms with Crippen LogP contribution in [0.25, 0.3) is 11.0 Å². The van der Waals surface area contributed by atoms with Crippen molar-refractivity contribution in [1.82, 2.24) is 4.98 Å². The fourth-order valence-corrected chi connectivity index (χ4v) is 2.02. The van der Waals surface area contributed by atoms with Crippen molar-refractivity contribution in [3.63, 3.8) is 0 Å². The average Bonchev–Trinajstić information content (AvgIpc) is 2.86. The van der Waals surface area contributed by atoms with Gasteiger partial charge < -0.3 is 14.9 Å². The second-order valence-corrected chi connectivity index (χ2v) is 4.69. The highest BCUT2D eigenvalue weighted by molar-refractivity contribution is 5.86. The molecule has 0 fully saturated rings. The highest BCUT2D eigenvalue weighted by atomic mass is 16.5. The van der Waals surface area contributed by atoms with Crippen molar-refractivity contribution in [2.75, 3.05) is 0 Å². The molecule has 1 aromatic carbocycles. The number of nitriles is 1. The number of aromatic nitrogens is 1. The number of nitrogens with zero attached hydrogens (tertiary/aromatic N) is 2. The molecule has 0 radical (unpaired) electrons. The molecule has 3 rings (SSSR count). The van der Waals surface area contributed by atoms with Crippen molar-refractivity contribution in [1.29, 1.82) is 5.26 Å². The van der Waals surface area contributed by atoms with E-state index in [2.05, 4.69) is 4.98 Å². The third kappa shape index (κ3) is 2.45. The van der Waals surface area contributed by atoms with Gasteiger partial charge in [0.2, 0.25) is 11.6 Å². The largest absolute Gasteiger partial charge is 0.442 e. The van der Waals surface area contributed by atoms with Gasteiger partial charge in [-0.05, 0) is 24.6 Å². The summed E-state index contributed by atoms with van der Waals surface area (Å²) in [6.45, 7) is 1.88. The van der Waals surface area contributed by atoms with E-state index in [1.807, 2.05) is 37.3 Å². The Morgan fingerprint density at radius 1 is 1.29 bits per heavy atom. The van der Waals surface area contributed by atoms with Crippen LogP contribution in [-0.4, -0.2) is 4.98 Å². The molecule has 1 atom stereocenters. The van der Waals surface area contributed by atoms with Crippen LogP contribution in [0.3, 0.4) is 0 Å². The summed E-state index contributed by atoms with van der Waals surface area (Å²) in [4.78, 5) is 4.20. The van der Waals surface area contributed by atoms with Crippen molar-refractivity contribution in [2.45, 2.75) is 13.0 Å². The van der Waals surface area contributed by atoms with Gasteiger partial charge in [0, 0.05) is 18.3 Å². The number of para-hydroxylation sites is 1. The number of hydrogen-bond donors (Lipinski definition) is 1. The van der Waals surface area contributed by atoms with Crippen LogP contribution >= 0.6 is 0 Å². The van der Waals surface area contributed by atoms with Crippen LogP contribution in [0.4, 0.5) is 0 Å². The zero-order valence-electron chi connectivity index (χ0n) is 11.4. The van der Waals surface area contributed by atoms with Gasteiger partial charge in [0.05, 0.1) is 5.39 Å². The molecule has 2 N–H and O–H groups in total. The first-order chi connectivity index (χ1) is 10.2. The minimum absolute atomic E-state index is 0.0871. The molecule has 0 saturated carbocycles. The summed E-state index contributed by atoms with van der Waals surface area (Å²) in [5, 5.41) is 9.90. The Balaban J connectivity index is 1.99. The molecular formula is C16H13N3O2. The van der Waals surface area contributed by atoms with Gasteiger partial charge in [0.1, 0.15) is 11.7 Å². The van der Waals surface area contributed by atoms with Crippen LogP contribution in [0.1, 0.15) is 24.3 Å². The van der Waals surface area contributed by atoms with E-state index in [9.17, 15) is 0 Å². The normalized spacial score (nSPS) is 12.0. The molecule has 1 unspecified atom stereocenters. The number of ether oxygens (including phenoxy) is 1. The van der Waals surface area contributed by atoms with Crippen LogP contribution in [0.15, 0.2) is 47.0 Å². The number of rotatable bonds is 3. The number of hydrogen-bond acceptors (Lipinski definition) is 5. The van der Waals surface area contributed by atoms with Gasteiger partial charge in [-0.25, -0.2) is 4.98 Å². The maximum Gasteiger partial charge on any atom is 0.247 e. The molecule has 0 aliphatic rings. The molecule has 5 heteroatoms. The maximum atomic E-state index is 9.15. The fraction of sp³-hybridized carbons (Fsp3) is 0.125. The molecule has 3 aromatic rings. The standard InChI is InChI=1S/C16H13N3O2/c1-10(18)11-6-7-15(19-9-11)21-16-12-4-2-3-5-13(12)20-14(16)8-17/h2-7,9-10H,18H2,1H3. The molecular weight excluding hydrogens is 266 g/mol. The molecule has 0 saturated heterocycles. The Morgan fingerprint density at radius 3 is 2.76 bits per heavy atom. The molecule has 104 valence electrons.